The summed E-state index contributed by atoms with van der Waals surface area (Å²) in [4.78, 5) is 62.6. The normalized spacial score (nSPS) is 29.0. The van der Waals surface area contributed by atoms with Crippen LogP contribution >= 0.6 is 0 Å². The molecule has 2 aliphatic carbocycles. The molecule has 4 aliphatic rings. The first-order valence-electron chi connectivity index (χ1n) is 19.1. The highest BCUT2D eigenvalue weighted by molar-refractivity contribution is 7.91. The van der Waals surface area contributed by atoms with Crippen molar-refractivity contribution in [2.45, 2.75) is 120 Å². The fourth-order valence-corrected chi connectivity index (χ4v) is 9.42. The summed E-state index contributed by atoms with van der Waals surface area (Å²) >= 11 is 0. The number of methoxy groups -OCH3 is 1. The van der Waals surface area contributed by atoms with Gasteiger partial charge in [0.1, 0.15) is 29.3 Å². The van der Waals surface area contributed by atoms with E-state index in [2.05, 4.69) is 15.0 Å². The van der Waals surface area contributed by atoms with Crippen molar-refractivity contribution in [2.75, 3.05) is 13.7 Å². The van der Waals surface area contributed by atoms with Crippen LogP contribution in [-0.2, 0) is 24.4 Å². The number of fused-ring (bicyclic) bond motifs is 3. The number of pyridine rings is 1. The summed E-state index contributed by atoms with van der Waals surface area (Å²) < 4.78 is 70.4. The molecule has 306 valence electrons. The first kappa shape index (κ1) is 41.1. The molecule has 3 heterocycles. The Labute approximate surface area is 325 Å². The van der Waals surface area contributed by atoms with Crippen molar-refractivity contribution in [2.24, 2.45) is 17.8 Å². The van der Waals surface area contributed by atoms with Gasteiger partial charge >= 0.3 is 6.09 Å². The number of carbonyl (C=O) groups excluding carboxylic acids is 3. The van der Waals surface area contributed by atoms with Crippen molar-refractivity contribution >= 4 is 44.6 Å². The smallest absolute Gasteiger partial charge is 0.408 e. The van der Waals surface area contributed by atoms with E-state index in [9.17, 15) is 27.9 Å². The van der Waals surface area contributed by atoms with Crippen molar-refractivity contribution in [3.05, 3.63) is 42.5 Å². The van der Waals surface area contributed by atoms with Crippen LogP contribution < -0.4 is 19.5 Å². The molecule has 2 aromatic rings. The first-order valence-corrected chi connectivity index (χ1v) is 20.6. The fraction of sp³-hybridized carbons (Fsp3) is 0.615. The SMILES string of the molecule is COc1cc2ccccc2c(O[C@@H]2C[C@H]3C(=O)N[C@]4(C(=O)NS(=O)(=O)C5CC5)C[C@H]4C=CCC[C@H](C)C[C@@H](C)[C@H](N(C(=O)O)C(C)(C)C(C)(F)F)C(=O)N3C2)n1. The Kier molecular flexibility index (Phi) is 11.1. The number of carbonyl (C=O) groups is 4. The van der Waals surface area contributed by atoms with Gasteiger partial charge in [0.05, 0.1) is 18.9 Å². The van der Waals surface area contributed by atoms with E-state index in [-0.39, 0.29) is 37.1 Å². The third-order valence-electron chi connectivity index (χ3n) is 11.9. The van der Waals surface area contributed by atoms with Gasteiger partial charge in [-0.1, -0.05) is 44.2 Å². The van der Waals surface area contributed by atoms with Crippen LogP contribution in [0.4, 0.5) is 13.6 Å². The third kappa shape index (κ3) is 8.00. The second-order valence-corrected chi connectivity index (χ2v) is 18.4. The first-order chi connectivity index (χ1) is 26.2. The zero-order chi connectivity index (χ0) is 41.0. The molecule has 3 fully saturated rings. The van der Waals surface area contributed by atoms with E-state index in [0.717, 1.165) is 24.1 Å². The topological polar surface area (TPSA) is 185 Å². The summed E-state index contributed by atoms with van der Waals surface area (Å²) in [7, 11) is -2.55. The average molecular weight is 804 g/mol. The molecule has 1 aromatic carbocycles. The minimum atomic E-state index is -3.99. The quantitative estimate of drug-likeness (QED) is 0.296. The Bertz CT molecular complexity index is 2020. The Morgan fingerprint density at radius 3 is 2.45 bits per heavy atom. The van der Waals surface area contributed by atoms with Crippen LogP contribution in [0.15, 0.2) is 42.5 Å². The summed E-state index contributed by atoms with van der Waals surface area (Å²) in [6.45, 7) is 6.03. The lowest BCUT2D eigenvalue weighted by Gasteiger charge is -2.47. The number of aromatic nitrogens is 1. The number of hydrogen-bond donors (Lipinski definition) is 3. The number of allylic oxidation sites excluding steroid dienone is 1. The number of ether oxygens (including phenoxy) is 2. The molecule has 56 heavy (non-hydrogen) atoms. The number of benzene rings is 1. The van der Waals surface area contributed by atoms with E-state index < -0.39 is 86.1 Å². The standard InChI is InChI=1S/C39H51F2N5O9S/c1-22-11-7-9-13-25-20-39(25,35(49)44-56(52,53)27-15-16-27)43-32(47)29-19-26(55-33-28-14-10-8-12-24(28)18-30(42-33)54-6)21-45(29)34(48)31(23(2)17-22)46(36(50)51)37(3,4)38(5,40)41/h8-10,12-14,18,22-23,25-27,29,31H,7,11,15-17,19-21H2,1-6H3,(H,43,47)(H,44,49)(H,50,51)/t22-,23+,25+,26+,29-,31-,39+/m0/s1. The lowest BCUT2D eigenvalue weighted by molar-refractivity contribution is -0.156. The van der Waals surface area contributed by atoms with Crippen molar-refractivity contribution in [3.8, 4) is 11.8 Å². The number of rotatable bonds is 9. The summed E-state index contributed by atoms with van der Waals surface area (Å²) in [5.74, 6) is -7.21. The molecule has 0 radical (unpaired) electrons. The van der Waals surface area contributed by atoms with Gasteiger partial charge in [-0.2, -0.15) is 4.98 Å². The number of sulfonamides is 1. The van der Waals surface area contributed by atoms with Gasteiger partial charge in [-0.05, 0) is 75.7 Å². The number of hydrogen-bond acceptors (Lipinski definition) is 9. The predicted molar refractivity (Wildman–Crippen MR) is 202 cm³/mol. The second-order valence-electron chi connectivity index (χ2n) is 16.5. The van der Waals surface area contributed by atoms with Gasteiger partial charge in [0, 0.05) is 30.7 Å². The minimum absolute atomic E-state index is 0.0930. The van der Waals surface area contributed by atoms with E-state index in [1.165, 1.54) is 7.11 Å². The van der Waals surface area contributed by atoms with Crippen LogP contribution in [0.2, 0.25) is 0 Å². The molecule has 0 unspecified atom stereocenters. The highest BCUT2D eigenvalue weighted by atomic mass is 32.2. The molecule has 2 aliphatic heterocycles. The molecule has 1 aromatic heterocycles. The number of nitrogens with zero attached hydrogens (tertiary/aromatic N) is 3. The van der Waals surface area contributed by atoms with Crippen LogP contribution in [0.5, 0.6) is 11.8 Å². The van der Waals surface area contributed by atoms with E-state index >= 15 is 13.6 Å². The largest absolute Gasteiger partial charge is 0.481 e. The van der Waals surface area contributed by atoms with Gasteiger partial charge in [-0.15, -0.1) is 0 Å². The number of alkyl halides is 2. The zero-order valence-corrected chi connectivity index (χ0v) is 33.3. The number of carboxylic acid groups (broad SMARTS) is 1. The van der Waals surface area contributed by atoms with E-state index in [1.807, 2.05) is 25.1 Å². The Hall–Kier alpha value is -4.54. The Balaban J connectivity index is 1.43. The summed E-state index contributed by atoms with van der Waals surface area (Å²) in [5.41, 5.74) is -4.01. The molecule has 2 saturated carbocycles. The molecule has 0 spiro atoms. The van der Waals surface area contributed by atoms with Crippen molar-refractivity contribution in [1.29, 1.82) is 0 Å². The van der Waals surface area contributed by atoms with Crippen LogP contribution in [0, 0.1) is 17.8 Å². The summed E-state index contributed by atoms with van der Waals surface area (Å²) in [6, 6.07) is 5.89. The Morgan fingerprint density at radius 1 is 1.11 bits per heavy atom. The van der Waals surface area contributed by atoms with Gasteiger partial charge in [-0.25, -0.2) is 22.0 Å². The van der Waals surface area contributed by atoms with Crippen LogP contribution in [0.3, 0.4) is 0 Å². The molecule has 17 heteroatoms. The Morgan fingerprint density at radius 2 is 1.80 bits per heavy atom. The minimum Gasteiger partial charge on any atom is -0.481 e. The van der Waals surface area contributed by atoms with Gasteiger partial charge in [0.15, 0.2) is 0 Å². The van der Waals surface area contributed by atoms with E-state index in [1.54, 1.807) is 31.2 Å². The maximum atomic E-state index is 15.3. The van der Waals surface area contributed by atoms with Crippen LogP contribution in [0.1, 0.15) is 79.6 Å². The van der Waals surface area contributed by atoms with Gasteiger partial charge < -0.3 is 24.8 Å². The highest BCUT2D eigenvalue weighted by Crippen LogP contribution is 2.47. The molecule has 3 N–H and O–H groups in total. The van der Waals surface area contributed by atoms with Crippen molar-refractivity contribution < 1.29 is 51.0 Å². The summed E-state index contributed by atoms with van der Waals surface area (Å²) in [5, 5.41) is 14.0. The molecule has 0 bridgehead atoms. The van der Waals surface area contributed by atoms with Gasteiger partial charge in [0.2, 0.25) is 33.6 Å². The van der Waals surface area contributed by atoms with Crippen molar-refractivity contribution in [3.63, 3.8) is 0 Å². The predicted octanol–water partition coefficient (Wildman–Crippen LogP) is 4.87. The molecule has 7 atom stereocenters. The zero-order valence-electron chi connectivity index (χ0n) is 32.5. The van der Waals surface area contributed by atoms with Gasteiger partial charge in [0.25, 0.3) is 11.8 Å². The lowest BCUT2D eigenvalue weighted by atomic mass is 9.84. The average Bonchev–Trinajstić information content (AvgIpc) is 4.04. The lowest BCUT2D eigenvalue weighted by Crippen LogP contribution is -2.66. The maximum Gasteiger partial charge on any atom is 0.408 e. The van der Waals surface area contributed by atoms with Gasteiger partial charge in [-0.3, -0.25) is 24.0 Å². The van der Waals surface area contributed by atoms with Crippen molar-refractivity contribution in [1.82, 2.24) is 24.8 Å². The fourth-order valence-electron chi connectivity index (χ4n) is 8.06. The molecular formula is C39H51F2N5O9S. The van der Waals surface area contributed by atoms with Crippen LogP contribution in [-0.4, -0.2) is 106 Å². The molecule has 1 saturated heterocycles. The number of nitrogens with one attached hydrogen (secondary N) is 2. The highest BCUT2D eigenvalue weighted by Gasteiger charge is 2.62. The summed E-state index contributed by atoms with van der Waals surface area (Å²) in [6.07, 6.45) is 3.16. The molecule has 14 nitrogen and oxygen atoms in total. The van der Waals surface area contributed by atoms with E-state index in [0.29, 0.717) is 49.3 Å². The monoisotopic (exact) mass is 803 g/mol. The number of amides is 4. The van der Waals surface area contributed by atoms with Crippen LogP contribution in [0.25, 0.3) is 10.8 Å². The van der Waals surface area contributed by atoms with E-state index in [4.69, 9.17) is 9.47 Å². The maximum absolute atomic E-state index is 15.3. The third-order valence-corrected chi connectivity index (χ3v) is 13.7. The molecular weight excluding hydrogens is 753 g/mol. The second kappa shape index (κ2) is 15.1. The number of halogens is 2. The molecule has 4 amide bonds. The molecule has 6 rings (SSSR count).